The lowest BCUT2D eigenvalue weighted by atomic mass is 10.2. The van der Waals surface area contributed by atoms with Crippen molar-refractivity contribution in [2.45, 2.75) is 25.6 Å². The van der Waals surface area contributed by atoms with Gasteiger partial charge in [-0.3, -0.25) is 4.79 Å². The van der Waals surface area contributed by atoms with Crippen molar-refractivity contribution in [3.63, 3.8) is 0 Å². The summed E-state index contributed by atoms with van der Waals surface area (Å²) in [5.74, 6) is -2.88. The van der Waals surface area contributed by atoms with Gasteiger partial charge in [0.25, 0.3) is 0 Å². The Kier molecular flexibility index (Phi) is 4.47. The SMILES string of the molecule is CCC(=O)COCC(O)C1OC(=O)C(O)=C1O. The highest BCUT2D eigenvalue weighted by atomic mass is 16.6. The van der Waals surface area contributed by atoms with Gasteiger partial charge in [-0.05, 0) is 0 Å². The van der Waals surface area contributed by atoms with Crippen LogP contribution in [0.15, 0.2) is 11.5 Å². The number of aliphatic hydroxyl groups is 3. The first-order valence-corrected chi connectivity index (χ1v) is 5.08. The van der Waals surface area contributed by atoms with Crippen LogP contribution >= 0.6 is 0 Å². The molecule has 0 saturated carbocycles. The van der Waals surface area contributed by atoms with E-state index in [2.05, 4.69) is 4.74 Å². The van der Waals surface area contributed by atoms with Gasteiger partial charge in [0.15, 0.2) is 17.6 Å². The van der Waals surface area contributed by atoms with Crippen molar-refractivity contribution in [2.75, 3.05) is 13.2 Å². The normalized spacial score (nSPS) is 21.5. The Morgan fingerprint density at radius 1 is 1.53 bits per heavy atom. The molecule has 3 N–H and O–H groups in total. The zero-order chi connectivity index (χ0) is 13.0. The Bertz CT molecular complexity index is 347. The molecule has 17 heavy (non-hydrogen) atoms. The molecule has 0 saturated heterocycles. The summed E-state index contributed by atoms with van der Waals surface area (Å²) in [6.45, 7) is 1.22. The van der Waals surface area contributed by atoms with Crippen molar-refractivity contribution in [3.05, 3.63) is 11.5 Å². The number of rotatable bonds is 6. The van der Waals surface area contributed by atoms with Crippen LogP contribution in [0.2, 0.25) is 0 Å². The molecular weight excluding hydrogens is 232 g/mol. The second-order valence-electron chi connectivity index (χ2n) is 3.53. The zero-order valence-electron chi connectivity index (χ0n) is 9.25. The third kappa shape index (κ3) is 3.18. The van der Waals surface area contributed by atoms with Crippen LogP contribution in [0, 0.1) is 0 Å². The maximum atomic E-state index is 10.9. The summed E-state index contributed by atoms with van der Waals surface area (Å²) in [4.78, 5) is 21.7. The van der Waals surface area contributed by atoms with Crippen LogP contribution in [-0.4, -0.2) is 52.5 Å². The molecular formula is C10H14O7. The molecule has 0 bridgehead atoms. The fourth-order valence-corrected chi connectivity index (χ4v) is 1.21. The predicted molar refractivity (Wildman–Crippen MR) is 54.3 cm³/mol. The number of hydrogen-bond donors (Lipinski definition) is 3. The van der Waals surface area contributed by atoms with E-state index in [1.54, 1.807) is 6.92 Å². The Labute approximate surface area is 97.3 Å². The molecule has 0 amide bonds. The fourth-order valence-electron chi connectivity index (χ4n) is 1.21. The number of ketones is 1. The van der Waals surface area contributed by atoms with Crippen LogP contribution < -0.4 is 0 Å². The third-order valence-electron chi connectivity index (χ3n) is 2.23. The van der Waals surface area contributed by atoms with Gasteiger partial charge in [0, 0.05) is 6.42 Å². The van der Waals surface area contributed by atoms with Crippen LogP contribution in [0.4, 0.5) is 0 Å². The number of carbonyl (C=O) groups is 2. The van der Waals surface area contributed by atoms with E-state index < -0.39 is 29.7 Å². The first-order valence-electron chi connectivity index (χ1n) is 5.08. The van der Waals surface area contributed by atoms with Crippen molar-refractivity contribution in [1.29, 1.82) is 0 Å². The van der Waals surface area contributed by atoms with Gasteiger partial charge in [-0.1, -0.05) is 6.92 Å². The van der Waals surface area contributed by atoms with Crippen LogP contribution in [0.5, 0.6) is 0 Å². The van der Waals surface area contributed by atoms with Gasteiger partial charge in [-0.25, -0.2) is 4.79 Å². The lowest BCUT2D eigenvalue weighted by Crippen LogP contribution is -2.33. The van der Waals surface area contributed by atoms with Crippen LogP contribution in [-0.2, 0) is 19.1 Å². The quantitative estimate of drug-likeness (QED) is 0.546. The first kappa shape index (κ1) is 13.5. The predicted octanol–water partition coefficient (Wildman–Crippen LogP) is -0.404. The smallest absolute Gasteiger partial charge is 0.377 e. The maximum absolute atomic E-state index is 10.9. The highest BCUT2D eigenvalue weighted by Crippen LogP contribution is 2.21. The van der Waals surface area contributed by atoms with E-state index in [1.165, 1.54) is 0 Å². The van der Waals surface area contributed by atoms with E-state index >= 15 is 0 Å². The molecule has 2 unspecified atom stereocenters. The van der Waals surface area contributed by atoms with E-state index in [0.29, 0.717) is 6.42 Å². The summed E-state index contributed by atoms with van der Waals surface area (Å²) in [5, 5.41) is 27.8. The largest absolute Gasteiger partial charge is 0.505 e. The Morgan fingerprint density at radius 3 is 2.65 bits per heavy atom. The number of carbonyl (C=O) groups excluding carboxylic acids is 2. The van der Waals surface area contributed by atoms with E-state index in [0.717, 1.165) is 0 Å². The molecule has 96 valence electrons. The number of aliphatic hydroxyl groups excluding tert-OH is 3. The number of cyclic esters (lactones) is 1. The van der Waals surface area contributed by atoms with Gasteiger partial charge in [0.1, 0.15) is 12.7 Å². The Balaban J connectivity index is 2.42. The van der Waals surface area contributed by atoms with E-state index in [9.17, 15) is 19.8 Å². The molecule has 7 nitrogen and oxygen atoms in total. The van der Waals surface area contributed by atoms with E-state index in [4.69, 9.17) is 9.84 Å². The minimum absolute atomic E-state index is 0.136. The van der Waals surface area contributed by atoms with Crippen molar-refractivity contribution < 1.29 is 34.4 Å². The summed E-state index contributed by atoms with van der Waals surface area (Å²) < 4.78 is 9.38. The maximum Gasteiger partial charge on any atom is 0.377 e. The highest BCUT2D eigenvalue weighted by molar-refractivity contribution is 5.89. The fraction of sp³-hybridized carbons (Fsp3) is 0.600. The van der Waals surface area contributed by atoms with Crippen molar-refractivity contribution in [2.24, 2.45) is 0 Å². The van der Waals surface area contributed by atoms with Crippen molar-refractivity contribution >= 4 is 11.8 Å². The standard InChI is InChI=1S/C10H14O7/c1-2-5(11)3-16-4-6(12)9-7(13)8(14)10(15)17-9/h6,9,12-14H,2-4H2,1H3. The van der Waals surface area contributed by atoms with Crippen LogP contribution in [0.25, 0.3) is 0 Å². The van der Waals surface area contributed by atoms with Gasteiger partial charge in [0.05, 0.1) is 6.61 Å². The monoisotopic (exact) mass is 246 g/mol. The Morgan fingerprint density at radius 2 is 2.18 bits per heavy atom. The molecule has 2 atom stereocenters. The summed E-state index contributed by atoms with van der Waals surface area (Å²) in [6.07, 6.45) is -2.37. The molecule has 0 aromatic rings. The molecule has 7 heteroatoms. The third-order valence-corrected chi connectivity index (χ3v) is 2.23. The molecule has 0 aromatic carbocycles. The second-order valence-corrected chi connectivity index (χ2v) is 3.53. The number of ether oxygens (including phenoxy) is 2. The van der Waals surface area contributed by atoms with Gasteiger partial charge in [-0.15, -0.1) is 0 Å². The molecule has 0 aromatic heterocycles. The molecule has 1 heterocycles. The van der Waals surface area contributed by atoms with Crippen LogP contribution in [0.3, 0.4) is 0 Å². The number of hydrogen-bond acceptors (Lipinski definition) is 7. The summed E-state index contributed by atoms with van der Waals surface area (Å²) >= 11 is 0. The molecule has 1 rings (SSSR count). The highest BCUT2D eigenvalue weighted by Gasteiger charge is 2.39. The first-order chi connectivity index (χ1) is 7.97. The summed E-state index contributed by atoms with van der Waals surface area (Å²) in [6, 6.07) is 0. The van der Waals surface area contributed by atoms with Crippen LogP contribution in [0.1, 0.15) is 13.3 Å². The number of Topliss-reactive ketones (excluding diaryl/α,β-unsaturated/α-hetero) is 1. The summed E-state index contributed by atoms with van der Waals surface area (Å²) in [5.41, 5.74) is 0. The lowest BCUT2D eigenvalue weighted by Gasteiger charge is -2.16. The van der Waals surface area contributed by atoms with Gasteiger partial charge < -0.3 is 24.8 Å². The summed E-state index contributed by atoms with van der Waals surface area (Å²) in [7, 11) is 0. The van der Waals surface area contributed by atoms with Crippen molar-refractivity contribution in [1.82, 2.24) is 0 Å². The molecule has 0 spiro atoms. The topological polar surface area (TPSA) is 113 Å². The van der Waals surface area contributed by atoms with Gasteiger partial charge in [-0.2, -0.15) is 0 Å². The number of esters is 1. The van der Waals surface area contributed by atoms with Gasteiger partial charge in [0.2, 0.25) is 5.76 Å². The minimum atomic E-state index is -1.35. The zero-order valence-corrected chi connectivity index (χ0v) is 9.25. The molecule has 1 aliphatic heterocycles. The average Bonchev–Trinajstić information content (AvgIpc) is 2.56. The van der Waals surface area contributed by atoms with E-state index in [1.807, 2.05) is 0 Å². The average molecular weight is 246 g/mol. The van der Waals surface area contributed by atoms with Crippen molar-refractivity contribution in [3.8, 4) is 0 Å². The lowest BCUT2D eigenvalue weighted by molar-refractivity contribution is -0.149. The molecule has 1 aliphatic rings. The Hall–Kier alpha value is -1.60. The molecule has 0 radical (unpaired) electrons. The molecule has 0 aliphatic carbocycles. The second kappa shape index (κ2) is 5.65. The van der Waals surface area contributed by atoms with E-state index in [-0.39, 0.29) is 19.0 Å². The van der Waals surface area contributed by atoms with Gasteiger partial charge >= 0.3 is 5.97 Å². The minimum Gasteiger partial charge on any atom is -0.505 e. The molecule has 0 fully saturated rings.